The minimum atomic E-state index is -4.82. The lowest BCUT2D eigenvalue weighted by Crippen LogP contribution is -2.56. The van der Waals surface area contributed by atoms with Crippen LogP contribution < -0.4 is 9.64 Å². The summed E-state index contributed by atoms with van der Waals surface area (Å²) in [6, 6.07) is 31.4. The molecule has 2 saturated heterocycles. The van der Waals surface area contributed by atoms with E-state index in [-0.39, 0.29) is 30.5 Å². The molecule has 3 amide bonds. The third kappa shape index (κ3) is 11.5. The summed E-state index contributed by atoms with van der Waals surface area (Å²) < 4.78 is 42.2. The lowest BCUT2D eigenvalue weighted by atomic mass is 10.0. The summed E-state index contributed by atoms with van der Waals surface area (Å²) in [4.78, 5) is 50.5. The molecule has 0 aromatic heterocycles. The Kier molecular flexibility index (Phi) is 13.3. The van der Waals surface area contributed by atoms with Crippen molar-refractivity contribution in [2.45, 2.75) is 38.8 Å². The van der Waals surface area contributed by atoms with Crippen LogP contribution in [-0.4, -0.2) is 102 Å². The third-order valence-corrected chi connectivity index (χ3v) is 10.3. The summed E-state index contributed by atoms with van der Waals surface area (Å²) in [6.45, 7) is 7.26. The van der Waals surface area contributed by atoms with Gasteiger partial charge >= 0.3 is 6.36 Å². The molecule has 296 valence electrons. The lowest BCUT2D eigenvalue weighted by Gasteiger charge is -2.39. The van der Waals surface area contributed by atoms with Crippen LogP contribution in [0.3, 0.4) is 0 Å². The van der Waals surface area contributed by atoms with Gasteiger partial charge in [-0.15, -0.1) is 13.2 Å². The predicted molar refractivity (Wildman–Crippen MR) is 211 cm³/mol. The number of piperazine rings is 2. The molecule has 2 aliphatic rings. The summed E-state index contributed by atoms with van der Waals surface area (Å²) in [5.74, 6) is -0.917. The van der Waals surface area contributed by atoms with Gasteiger partial charge in [0.2, 0.25) is 17.7 Å². The summed E-state index contributed by atoms with van der Waals surface area (Å²) in [5, 5.41) is 9.16. The number of benzene rings is 4. The number of halogens is 3. The number of ether oxygens (including phenoxy) is 1. The number of nitriles is 1. The predicted octanol–water partition coefficient (Wildman–Crippen LogP) is 6.12. The largest absolute Gasteiger partial charge is 0.573 e. The van der Waals surface area contributed by atoms with Crippen LogP contribution in [0.5, 0.6) is 5.75 Å². The number of hydrogen-bond donors (Lipinski definition) is 0. The number of nitrogens with zero attached hydrogens (tertiary/aromatic N) is 6. The zero-order valence-corrected chi connectivity index (χ0v) is 31.8. The van der Waals surface area contributed by atoms with Gasteiger partial charge in [-0.05, 0) is 64.7 Å². The van der Waals surface area contributed by atoms with Gasteiger partial charge < -0.3 is 24.3 Å². The number of hydrogen-bond acceptors (Lipinski definition) is 7. The van der Waals surface area contributed by atoms with Gasteiger partial charge in [0.15, 0.2) is 0 Å². The van der Waals surface area contributed by atoms with Gasteiger partial charge in [-0.1, -0.05) is 66.7 Å². The van der Waals surface area contributed by atoms with E-state index < -0.39 is 18.3 Å². The Hall–Kier alpha value is -6.13. The first-order valence-corrected chi connectivity index (χ1v) is 18.9. The monoisotopic (exact) mass is 778 g/mol. The highest BCUT2D eigenvalue weighted by atomic mass is 19.4. The van der Waals surface area contributed by atoms with Crippen molar-refractivity contribution in [3.63, 3.8) is 0 Å². The van der Waals surface area contributed by atoms with E-state index in [0.717, 1.165) is 22.4 Å². The minimum absolute atomic E-state index is 0.0564. The van der Waals surface area contributed by atoms with Crippen LogP contribution in [0.15, 0.2) is 109 Å². The fraction of sp³-hybridized carbons (Fsp3) is 0.318. The van der Waals surface area contributed by atoms with Gasteiger partial charge in [-0.2, -0.15) is 5.26 Å². The summed E-state index contributed by atoms with van der Waals surface area (Å²) >= 11 is 0. The van der Waals surface area contributed by atoms with E-state index >= 15 is 0 Å². The van der Waals surface area contributed by atoms with Gasteiger partial charge in [-0.25, -0.2) is 0 Å². The highest BCUT2D eigenvalue weighted by Gasteiger charge is 2.34. The molecule has 0 saturated carbocycles. The summed E-state index contributed by atoms with van der Waals surface area (Å²) in [6.07, 6.45) is -1.69. The molecule has 2 aliphatic heterocycles. The molecule has 2 heterocycles. The molecule has 1 atom stereocenters. The van der Waals surface area contributed by atoms with Crippen molar-refractivity contribution in [2.75, 3.05) is 57.3 Å². The molecule has 6 rings (SSSR count). The van der Waals surface area contributed by atoms with Crippen molar-refractivity contribution < 1.29 is 32.3 Å². The number of amides is 3. The number of carbonyl (C=O) groups is 3. The Morgan fingerprint density at radius 3 is 1.98 bits per heavy atom. The van der Waals surface area contributed by atoms with Gasteiger partial charge in [0, 0.05) is 90.6 Å². The second-order valence-electron chi connectivity index (χ2n) is 14.2. The van der Waals surface area contributed by atoms with Crippen molar-refractivity contribution in [3.05, 3.63) is 137 Å². The summed E-state index contributed by atoms with van der Waals surface area (Å²) in [5.41, 5.74) is 4.85. The molecule has 0 radical (unpaired) electrons. The molecule has 4 aromatic rings. The number of rotatable bonds is 12. The van der Waals surface area contributed by atoms with E-state index in [1.54, 1.807) is 24.0 Å². The second kappa shape index (κ2) is 18.7. The van der Waals surface area contributed by atoms with E-state index in [4.69, 9.17) is 5.26 Å². The first-order chi connectivity index (χ1) is 27.4. The van der Waals surface area contributed by atoms with Crippen molar-refractivity contribution in [2.24, 2.45) is 0 Å². The van der Waals surface area contributed by atoms with E-state index in [0.29, 0.717) is 70.0 Å². The number of anilines is 1. The topological polar surface area (TPSA) is 100 Å². The third-order valence-electron chi connectivity index (χ3n) is 10.3. The van der Waals surface area contributed by atoms with Crippen LogP contribution in [-0.2, 0) is 33.9 Å². The average molecular weight is 779 g/mol. The second-order valence-corrected chi connectivity index (χ2v) is 14.2. The molecule has 0 bridgehead atoms. The molecule has 0 unspecified atom stereocenters. The molecular formula is C44H45F3N6O4. The quantitative estimate of drug-likeness (QED) is 0.160. The van der Waals surface area contributed by atoms with Crippen LogP contribution in [0.4, 0.5) is 18.9 Å². The van der Waals surface area contributed by atoms with Crippen molar-refractivity contribution in [3.8, 4) is 11.8 Å². The zero-order valence-electron chi connectivity index (χ0n) is 31.8. The van der Waals surface area contributed by atoms with Gasteiger partial charge in [0.25, 0.3) is 0 Å². The van der Waals surface area contributed by atoms with E-state index in [1.165, 1.54) is 36.4 Å². The molecule has 10 nitrogen and oxygen atoms in total. The van der Waals surface area contributed by atoms with Crippen LogP contribution in [0.1, 0.15) is 34.7 Å². The number of carbonyl (C=O) groups excluding carboxylic acids is 3. The Bertz CT molecular complexity index is 2040. The van der Waals surface area contributed by atoms with Crippen molar-refractivity contribution in [1.29, 1.82) is 5.26 Å². The molecule has 0 aliphatic carbocycles. The Morgan fingerprint density at radius 1 is 0.772 bits per heavy atom. The first kappa shape index (κ1) is 40.5. The molecule has 0 spiro atoms. The fourth-order valence-electron chi connectivity index (χ4n) is 7.12. The lowest BCUT2D eigenvalue weighted by molar-refractivity contribution is -0.274. The van der Waals surface area contributed by atoms with E-state index in [2.05, 4.69) is 20.6 Å². The molecule has 57 heavy (non-hydrogen) atoms. The van der Waals surface area contributed by atoms with Crippen molar-refractivity contribution >= 4 is 29.5 Å². The molecule has 4 aromatic carbocycles. The van der Waals surface area contributed by atoms with Crippen LogP contribution >= 0.6 is 0 Å². The first-order valence-electron chi connectivity index (χ1n) is 18.9. The molecule has 13 heteroatoms. The van der Waals surface area contributed by atoms with Crippen LogP contribution in [0.25, 0.3) is 6.08 Å². The molecule has 2 fully saturated rings. The van der Waals surface area contributed by atoms with Gasteiger partial charge in [-0.3, -0.25) is 19.3 Å². The smallest absolute Gasteiger partial charge is 0.406 e. The van der Waals surface area contributed by atoms with Crippen LogP contribution in [0, 0.1) is 11.3 Å². The Morgan fingerprint density at radius 2 is 1.39 bits per heavy atom. The Labute approximate surface area is 330 Å². The standard InChI is InChI=1S/C44H45F3N6O4/c1-33(54)50-25-27-51(28-26-50)39-16-11-38(12-17-39)32-53(42(55)20-15-34-13-18-40(19-14-34)57-44(45,46)47)41(29-35-5-3-2-4-6-35)43(56)52-23-21-49(22-24-52)31-37-9-7-36(30-48)8-10-37/h2-20,41H,21-29,31-32H2,1H3/b20-15+/t41-/m0/s1. The fourth-order valence-corrected chi connectivity index (χ4v) is 7.12. The molecule has 0 N–H and O–H groups in total. The summed E-state index contributed by atoms with van der Waals surface area (Å²) in [7, 11) is 0. The maximum atomic E-state index is 14.7. The normalized spacial score (nSPS) is 15.6. The maximum Gasteiger partial charge on any atom is 0.573 e. The van der Waals surface area contributed by atoms with Crippen molar-refractivity contribution in [1.82, 2.24) is 19.6 Å². The van der Waals surface area contributed by atoms with E-state index in [1.807, 2.05) is 76.5 Å². The van der Waals surface area contributed by atoms with Gasteiger partial charge in [0.1, 0.15) is 11.8 Å². The highest BCUT2D eigenvalue weighted by molar-refractivity contribution is 5.96. The maximum absolute atomic E-state index is 14.7. The highest BCUT2D eigenvalue weighted by Crippen LogP contribution is 2.25. The van der Waals surface area contributed by atoms with Crippen LogP contribution in [0.2, 0.25) is 0 Å². The average Bonchev–Trinajstić information content (AvgIpc) is 3.22. The minimum Gasteiger partial charge on any atom is -0.406 e. The SMILES string of the molecule is CC(=O)N1CCN(c2ccc(CN(C(=O)/C=C/c3ccc(OC(F)(F)F)cc3)[C@@H](Cc3ccccc3)C(=O)N3CCN(Cc4ccc(C#N)cc4)CC3)cc2)CC1. The number of alkyl halides is 3. The van der Waals surface area contributed by atoms with E-state index in [9.17, 15) is 27.6 Å². The Balaban J connectivity index is 1.24. The molecular weight excluding hydrogens is 734 g/mol. The van der Waals surface area contributed by atoms with Gasteiger partial charge in [0.05, 0.1) is 11.6 Å². The zero-order chi connectivity index (χ0) is 40.4.